The van der Waals surface area contributed by atoms with Crippen LogP contribution in [-0.2, 0) is 26.2 Å². The number of hydrogen-bond donors (Lipinski definition) is 3. The van der Waals surface area contributed by atoms with Gasteiger partial charge in [-0.05, 0) is 44.4 Å². The summed E-state index contributed by atoms with van der Waals surface area (Å²) in [4.78, 5) is 27.0. The van der Waals surface area contributed by atoms with Gasteiger partial charge in [-0.1, -0.05) is 29.3 Å². The van der Waals surface area contributed by atoms with Crippen molar-refractivity contribution in [3.8, 4) is 0 Å². The number of nitrogens with zero attached hydrogens (tertiary/aromatic N) is 1. The average molecular weight is 480 g/mol. The lowest BCUT2D eigenvalue weighted by Gasteiger charge is -2.37. The van der Waals surface area contributed by atoms with Gasteiger partial charge in [0, 0.05) is 29.7 Å². The van der Waals surface area contributed by atoms with Crippen LogP contribution < -0.4 is 10.0 Å². The molecule has 0 unspecified atom stereocenters. The molecule has 1 aliphatic rings. The fourth-order valence-electron chi connectivity index (χ4n) is 3.28. The van der Waals surface area contributed by atoms with Gasteiger partial charge in [0.1, 0.15) is 6.04 Å². The van der Waals surface area contributed by atoms with Gasteiger partial charge in [0.15, 0.2) is 0 Å². The lowest BCUT2D eigenvalue weighted by atomic mass is 9.93. The molecule has 1 heterocycles. The number of hydrogen-bond acceptors (Lipinski definition) is 5. The van der Waals surface area contributed by atoms with Crippen molar-refractivity contribution in [3.05, 3.63) is 33.8 Å². The van der Waals surface area contributed by atoms with Gasteiger partial charge >= 0.3 is 0 Å². The van der Waals surface area contributed by atoms with Crippen molar-refractivity contribution in [1.29, 1.82) is 0 Å². The Morgan fingerprint density at radius 2 is 2.00 bits per heavy atom. The summed E-state index contributed by atoms with van der Waals surface area (Å²) in [6, 6.07) is 3.66. The van der Waals surface area contributed by atoms with E-state index in [1.807, 2.05) is 0 Å². The summed E-state index contributed by atoms with van der Waals surface area (Å²) in [5.41, 5.74) is -0.890. The zero-order chi connectivity index (χ0) is 22.7. The number of piperidine rings is 1. The Balaban J connectivity index is 2.04. The highest BCUT2D eigenvalue weighted by Crippen LogP contribution is 2.23. The molecule has 0 bridgehead atoms. The molecule has 0 saturated carbocycles. The smallest absolute Gasteiger partial charge is 0.243 e. The molecule has 2 rings (SSSR count). The van der Waals surface area contributed by atoms with E-state index in [2.05, 4.69) is 10.0 Å². The summed E-state index contributed by atoms with van der Waals surface area (Å²) in [5.74, 6) is -1.24. The zero-order valence-electron chi connectivity index (χ0n) is 17.1. The number of amides is 2. The summed E-state index contributed by atoms with van der Waals surface area (Å²) in [6.07, 6.45) is 2.10. The Bertz CT molecular complexity index is 902. The highest BCUT2D eigenvalue weighted by atomic mass is 35.5. The molecule has 8 nitrogen and oxygen atoms in total. The number of rotatable bonds is 7. The maximum Gasteiger partial charge on any atom is 0.243 e. The molecule has 2 atom stereocenters. The molecule has 1 aliphatic heterocycles. The molecule has 1 aromatic rings. The van der Waals surface area contributed by atoms with Crippen LogP contribution in [0.4, 0.5) is 0 Å². The van der Waals surface area contributed by atoms with Gasteiger partial charge in [0.05, 0.1) is 17.8 Å². The molecule has 1 fully saturated rings. The first-order chi connectivity index (χ1) is 13.8. The van der Waals surface area contributed by atoms with E-state index in [1.54, 1.807) is 18.2 Å². The monoisotopic (exact) mass is 479 g/mol. The number of aliphatic hydroxyl groups is 1. The Kier molecular flexibility index (Phi) is 8.15. The van der Waals surface area contributed by atoms with Crippen LogP contribution in [-0.4, -0.2) is 61.2 Å². The fourth-order valence-corrected chi connectivity index (χ4v) is 4.57. The second-order valence-electron chi connectivity index (χ2n) is 8.05. The SMILES string of the molecule is CC(C)(O)[C@@H](NS(C)(=O)=O)C(=O)N1CCC[C@@H](C(=O)NCc2ccc(Cl)cc2Cl)C1. The largest absolute Gasteiger partial charge is 0.388 e. The van der Waals surface area contributed by atoms with Crippen LogP contribution in [0.5, 0.6) is 0 Å². The maximum atomic E-state index is 12.9. The van der Waals surface area contributed by atoms with E-state index >= 15 is 0 Å². The third kappa shape index (κ3) is 7.09. The summed E-state index contributed by atoms with van der Waals surface area (Å²) >= 11 is 12.0. The van der Waals surface area contributed by atoms with Crippen molar-refractivity contribution in [2.24, 2.45) is 5.92 Å². The van der Waals surface area contributed by atoms with Gasteiger partial charge in [0.25, 0.3) is 0 Å². The Labute approximate surface area is 187 Å². The minimum Gasteiger partial charge on any atom is -0.388 e. The van der Waals surface area contributed by atoms with Crippen molar-refractivity contribution < 1.29 is 23.1 Å². The maximum absolute atomic E-state index is 12.9. The molecule has 2 amide bonds. The number of halogens is 2. The van der Waals surface area contributed by atoms with Crippen LogP contribution in [0.15, 0.2) is 18.2 Å². The number of likely N-dealkylation sites (tertiary alicyclic amines) is 1. The molecular weight excluding hydrogens is 453 g/mol. The molecule has 3 N–H and O–H groups in total. The number of nitrogens with one attached hydrogen (secondary N) is 2. The molecule has 0 spiro atoms. The minimum atomic E-state index is -3.73. The summed E-state index contributed by atoms with van der Waals surface area (Å²) in [6.45, 7) is 3.46. The Morgan fingerprint density at radius 3 is 2.57 bits per heavy atom. The normalized spacial score (nSPS) is 18.7. The highest BCUT2D eigenvalue weighted by Gasteiger charge is 2.40. The van der Waals surface area contributed by atoms with E-state index in [4.69, 9.17) is 23.2 Å². The first-order valence-corrected chi connectivity index (χ1v) is 12.1. The van der Waals surface area contributed by atoms with Gasteiger partial charge in [0.2, 0.25) is 21.8 Å². The standard InChI is InChI=1S/C19H27Cl2N3O5S/c1-19(2,27)16(23-30(3,28)29)18(26)24-8-4-5-13(11-24)17(25)22-10-12-6-7-14(20)9-15(12)21/h6-7,9,13,16,23,27H,4-5,8,10-11H2,1-3H3,(H,22,25)/t13-,16+/m1/s1. The second kappa shape index (κ2) is 9.82. The van der Waals surface area contributed by atoms with Gasteiger partial charge < -0.3 is 15.3 Å². The van der Waals surface area contributed by atoms with Crippen molar-refractivity contribution in [3.63, 3.8) is 0 Å². The van der Waals surface area contributed by atoms with Crippen molar-refractivity contribution in [2.45, 2.75) is 44.9 Å². The van der Waals surface area contributed by atoms with Gasteiger partial charge in [-0.3, -0.25) is 9.59 Å². The van der Waals surface area contributed by atoms with E-state index in [0.29, 0.717) is 29.4 Å². The summed E-state index contributed by atoms with van der Waals surface area (Å²) in [7, 11) is -3.73. The van der Waals surface area contributed by atoms with Gasteiger partial charge in [-0.2, -0.15) is 0 Å². The first kappa shape index (κ1) is 24.9. The summed E-state index contributed by atoms with van der Waals surface area (Å²) in [5, 5.41) is 14.1. The van der Waals surface area contributed by atoms with Crippen molar-refractivity contribution >= 4 is 45.0 Å². The van der Waals surface area contributed by atoms with E-state index in [9.17, 15) is 23.1 Å². The molecule has 1 aromatic carbocycles. The van der Waals surface area contributed by atoms with Crippen LogP contribution in [0, 0.1) is 5.92 Å². The summed E-state index contributed by atoms with van der Waals surface area (Å²) < 4.78 is 25.5. The third-order valence-corrected chi connectivity index (χ3v) is 6.11. The number of carbonyl (C=O) groups is 2. The molecule has 0 radical (unpaired) electrons. The lowest BCUT2D eigenvalue weighted by molar-refractivity contribution is -0.141. The fraction of sp³-hybridized carbons (Fsp3) is 0.579. The highest BCUT2D eigenvalue weighted by molar-refractivity contribution is 7.88. The van der Waals surface area contributed by atoms with E-state index in [-0.39, 0.29) is 19.0 Å². The molecule has 11 heteroatoms. The molecular formula is C19H27Cl2N3O5S. The molecule has 168 valence electrons. The number of sulfonamides is 1. The van der Waals surface area contributed by atoms with Crippen LogP contribution in [0.25, 0.3) is 0 Å². The van der Waals surface area contributed by atoms with Crippen molar-refractivity contribution in [2.75, 3.05) is 19.3 Å². The predicted octanol–water partition coefficient (Wildman–Crippen LogP) is 1.54. The van der Waals surface area contributed by atoms with E-state index in [0.717, 1.165) is 11.8 Å². The van der Waals surface area contributed by atoms with Gasteiger partial charge in [-0.25, -0.2) is 13.1 Å². The number of benzene rings is 1. The van der Waals surface area contributed by atoms with Crippen LogP contribution in [0.3, 0.4) is 0 Å². The van der Waals surface area contributed by atoms with Gasteiger partial charge in [-0.15, -0.1) is 0 Å². The predicted molar refractivity (Wildman–Crippen MR) is 116 cm³/mol. The van der Waals surface area contributed by atoms with E-state index < -0.39 is 33.5 Å². The van der Waals surface area contributed by atoms with E-state index in [1.165, 1.54) is 18.7 Å². The quantitative estimate of drug-likeness (QED) is 0.548. The molecule has 0 aromatic heterocycles. The molecule has 30 heavy (non-hydrogen) atoms. The van der Waals surface area contributed by atoms with Crippen molar-refractivity contribution in [1.82, 2.24) is 14.9 Å². The van der Waals surface area contributed by atoms with Crippen LogP contribution in [0.2, 0.25) is 10.0 Å². The lowest BCUT2D eigenvalue weighted by Crippen LogP contribution is -2.60. The second-order valence-corrected chi connectivity index (χ2v) is 10.7. The molecule has 0 aliphatic carbocycles. The zero-order valence-corrected chi connectivity index (χ0v) is 19.4. The van der Waals surface area contributed by atoms with Crippen LogP contribution >= 0.6 is 23.2 Å². The minimum absolute atomic E-state index is 0.136. The Hall–Kier alpha value is -1.39. The average Bonchev–Trinajstić information content (AvgIpc) is 2.63. The van der Waals surface area contributed by atoms with Crippen LogP contribution in [0.1, 0.15) is 32.3 Å². The molecule has 1 saturated heterocycles. The third-order valence-electron chi connectivity index (χ3n) is 4.86. The first-order valence-electron chi connectivity index (χ1n) is 9.48. The Morgan fingerprint density at radius 1 is 1.33 bits per heavy atom. The number of carbonyl (C=O) groups excluding carboxylic acids is 2. The topological polar surface area (TPSA) is 116 Å².